The summed E-state index contributed by atoms with van der Waals surface area (Å²) < 4.78 is 13.0. The molecular formula is C24H27ClN4O2S. The van der Waals surface area contributed by atoms with Crippen LogP contribution in [0.2, 0.25) is 5.02 Å². The van der Waals surface area contributed by atoms with Gasteiger partial charge in [0.05, 0.1) is 29.4 Å². The highest BCUT2D eigenvalue weighted by Gasteiger charge is 2.41. The predicted octanol–water partition coefficient (Wildman–Crippen LogP) is 5.32. The van der Waals surface area contributed by atoms with Gasteiger partial charge in [0.15, 0.2) is 5.11 Å². The minimum Gasteiger partial charge on any atom is -0.490 e. The van der Waals surface area contributed by atoms with Crippen molar-refractivity contribution in [3.63, 3.8) is 0 Å². The second-order valence-electron chi connectivity index (χ2n) is 7.94. The Balaban J connectivity index is 1.72. The number of hydrogen-bond acceptors (Lipinski definition) is 4. The summed E-state index contributed by atoms with van der Waals surface area (Å²) >= 11 is 12.3. The van der Waals surface area contributed by atoms with Crippen molar-refractivity contribution in [3.8, 4) is 5.75 Å². The maximum Gasteiger partial charge on any atom is 0.174 e. The van der Waals surface area contributed by atoms with Crippen LogP contribution >= 0.6 is 23.8 Å². The summed E-state index contributed by atoms with van der Waals surface area (Å²) in [6, 6.07) is 14.0. The van der Waals surface area contributed by atoms with Gasteiger partial charge in [0.2, 0.25) is 0 Å². The number of thiocarbonyl (C=S) groups is 1. The first-order chi connectivity index (χ1) is 15.5. The first kappa shape index (κ1) is 22.6. The Bertz CT molecular complexity index is 1070. The number of pyridine rings is 1. The molecule has 4 rings (SSSR count). The number of nitrogens with one attached hydrogen (secondary N) is 1. The summed E-state index contributed by atoms with van der Waals surface area (Å²) in [6.07, 6.45) is 6.09. The number of benzene rings is 1. The molecule has 0 unspecified atom stereocenters. The van der Waals surface area contributed by atoms with Gasteiger partial charge in [-0.1, -0.05) is 17.7 Å². The summed E-state index contributed by atoms with van der Waals surface area (Å²) in [5, 5.41) is 4.64. The largest absolute Gasteiger partial charge is 0.490 e. The number of hydrogen-bond donors (Lipinski definition) is 1. The molecule has 8 heteroatoms. The Labute approximate surface area is 199 Å². The molecule has 1 aromatic carbocycles. The van der Waals surface area contributed by atoms with Crippen LogP contribution in [0.25, 0.3) is 0 Å². The zero-order valence-corrected chi connectivity index (χ0v) is 19.9. The number of rotatable bonds is 8. The Morgan fingerprint density at radius 1 is 1.19 bits per heavy atom. The highest BCUT2D eigenvalue weighted by atomic mass is 35.5. The van der Waals surface area contributed by atoms with Crippen LogP contribution in [0.5, 0.6) is 5.75 Å². The lowest BCUT2D eigenvalue weighted by Gasteiger charge is -2.27. The average molecular weight is 471 g/mol. The fourth-order valence-corrected chi connectivity index (χ4v) is 4.47. The number of nitrogens with zero attached hydrogens (tertiary/aromatic N) is 3. The SMILES string of the molecule is COCCOc1ccc(N2C(=S)N[C@@H](c3ccccn3)[C@H]2c2ccn(C(C)C)c2)cc1Cl. The molecule has 2 aromatic heterocycles. The van der Waals surface area contributed by atoms with E-state index in [1.165, 1.54) is 0 Å². The number of anilines is 1. The lowest BCUT2D eigenvalue weighted by Crippen LogP contribution is -2.29. The first-order valence-electron chi connectivity index (χ1n) is 10.6. The Morgan fingerprint density at radius 3 is 2.69 bits per heavy atom. The Morgan fingerprint density at radius 2 is 2.03 bits per heavy atom. The maximum atomic E-state index is 6.55. The van der Waals surface area contributed by atoms with Gasteiger partial charge in [0.25, 0.3) is 0 Å². The second kappa shape index (κ2) is 9.90. The number of aromatic nitrogens is 2. The Hall–Kier alpha value is -2.61. The van der Waals surface area contributed by atoms with Gasteiger partial charge in [-0.3, -0.25) is 4.98 Å². The van der Waals surface area contributed by atoms with Gasteiger partial charge in [0.1, 0.15) is 12.4 Å². The van der Waals surface area contributed by atoms with Gasteiger partial charge in [-0.05, 0) is 68.0 Å². The number of methoxy groups -OCH3 is 1. The third-order valence-electron chi connectivity index (χ3n) is 5.51. The van der Waals surface area contributed by atoms with Crippen molar-refractivity contribution >= 4 is 34.6 Å². The van der Waals surface area contributed by atoms with Crippen molar-refractivity contribution in [1.29, 1.82) is 0 Å². The molecule has 1 saturated heterocycles. The zero-order valence-electron chi connectivity index (χ0n) is 18.4. The van der Waals surface area contributed by atoms with E-state index in [1.807, 2.05) is 42.6 Å². The molecule has 0 aliphatic carbocycles. The molecule has 168 valence electrons. The topological polar surface area (TPSA) is 51.6 Å². The smallest absolute Gasteiger partial charge is 0.174 e. The summed E-state index contributed by atoms with van der Waals surface area (Å²) in [4.78, 5) is 6.71. The molecule has 1 aliphatic heterocycles. The van der Waals surface area contributed by atoms with Crippen molar-refractivity contribution < 1.29 is 9.47 Å². The van der Waals surface area contributed by atoms with Crippen molar-refractivity contribution in [2.24, 2.45) is 0 Å². The molecule has 32 heavy (non-hydrogen) atoms. The minimum absolute atomic E-state index is 0.0753. The molecular weight excluding hydrogens is 444 g/mol. The number of ether oxygens (including phenoxy) is 2. The van der Waals surface area contributed by atoms with Crippen LogP contribution in [0.1, 0.15) is 43.2 Å². The van der Waals surface area contributed by atoms with E-state index in [1.54, 1.807) is 7.11 Å². The molecule has 0 bridgehead atoms. The first-order valence-corrected chi connectivity index (χ1v) is 11.4. The monoisotopic (exact) mass is 470 g/mol. The number of halogens is 1. The third kappa shape index (κ3) is 4.60. The molecule has 1 N–H and O–H groups in total. The molecule has 0 saturated carbocycles. The van der Waals surface area contributed by atoms with Crippen LogP contribution in [0.15, 0.2) is 61.1 Å². The highest BCUT2D eigenvalue weighted by Crippen LogP contribution is 2.43. The van der Waals surface area contributed by atoms with Gasteiger partial charge >= 0.3 is 0 Å². The summed E-state index contributed by atoms with van der Waals surface area (Å²) in [6.45, 7) is 5.26. The van der Waals surface area contributed by atoms with Gasteiger partial charge in [-0.15, -0.1) is 0 Å². The van der Waals surface area contributed by atoms with E-state index in [2.05, 4.69) is 52.1 Å². The van der Waals surface area contributed by atoms with Crippen LogP contribution in [0.3, 0.4) is 0 Å². The molecule has 1 fully saturated rings. The fraction of sp³-hybridized carbons (Fsp3) is 0.333. The van der Waals surface area contributed by atoms with E-state index < -0.39 is 0 Å². The molecule has 0 radical (unpaired) electrons. The van der Waals surface area contributed by atoms with Crippen LogP contribution < -0.4 is 15.0 Å². The normalized spacial score (nSPS) is 18.3. The lowest BCUT2D eigenvalue weighted by atomic mass is 9.98. The van der Waals surface area contributed by atoms with Crippen molar-refractivity contribution in [2.75, 3.05) is 25.2 Å². The average Bonchev–Trinajstić information content (AvgIpc) is 3.40. The summed E-state index contributed by atoms with van der Waals surface area (Å²) in [7, 11) is 1.64. The van der Waals surface area contributed by atoms with Crippen molar-refractivity contribution in [1.82, 2.24) is 14.9 Å². The fourth-order valence-electron chi connectivity index (χ4n) is 3.89. The Kier molecular flexibility index (Phi) is 6.98. The van der Waals surface area contributed by atoms with Gasteiger partial charge < -0.3 is 24.3 Å². The summed E-state index contributed by atoms with van der Waals surface area (Å²) in [5.41, 5.74) is 2.98. The van der Waals surface area contributed by atoms with E-state index in [0.29, 0.717) is 35.1 Å². The van der Waals surface area contributed by atoms with Crippen LogP contribution in [-0.2, 0) is 4.74 Å². The third-order valence-corrected chi connectivity index (χ3v) is 6.12. The van der Waals surface area contributed by atoms with Gasteiger partial charge in [-0.2, -0.15) is 0 Å². The zero-order chi connectivity index (χ0) is 22.7. The quantitative estimate of drug-likeness (QED) is 0.355. The van der Waals surface area contributed by atoms with E-state index in [0.717, 1.165) is 16.9 Å². The van der Waals surface area contributed by atoms with Crippen LogP contribution in [0, 0.1) is 0 Å². The maximum absolute atomic E-state index is 6.55. The van der Waals surface area contributed by atoms with E-state index in [9.17, 15) is 0 Å². The highest BCUT2D eigenvalue weighted by molar-refractivity contribution is 7.80. The van der Waals surface area contributed by atoms with E-state index in [-0.39, 0.29) is 12.1 Å². The molecule has 2 atom stereocenters. The summed E-state index contributed by atoms with van der Waals surface area (Å²) in [5.74, 6) is 0.620. The van der Waals surface area contributed by atoms with Gasteiger partial charge in [0, 0.05) is 37.4 Å². The molecule has 0 amide bonds. The van der Waals surface area contributed by atoms with Crippen LogP contribution in [-0.4, -0.2) is 35.0 Å². The van der Waals surface area contributed by atoms with E-state index >= 15 is 0 Å². The molecule has 1 aliphatic rings. The molecule has 6 nitrogen and oxygen atoms in total. The lowest BCUT2D eigenvalue weighted by molar-refractivity contribution is 0.146. The van der Waals surface area contributed by atoms with Gasteiger partial charge in [-0.25, -0.2) is 0 Å². The van der Waals surface area contributed by atoms with Crippen molar-refractivity contribution in [2.45, 2.75) is 32.0 Å². The molecule has 3 heterocycles. The predicted molar refractivity (Wildman–Crippen MR) is 132 cm³/mol. The van der Waals surface area contributed by atoms with E-state index in [4.69, 9.17) is 33.3 Å². The van der Waals surface area contributed by atoms with Crippen LogP contribution in [0.4, 0.5) is 5.69 Å². The molecule has 3 aromatic rings. The molecule has 0 spiro atoms. The van der Waals surface area contributed by atoms with Crippen molar-refractivity contribution in [3.05, 3.63) is 77.3 Å². The second-order valence-corrected chi connectivity index (χ2v) is 8.73. The minimum atomic E-state index is -0.0943. The standard InChI is InChI=1S/C24H27ClN4O2S/c1-16(2)28-11-9-17(15-28)23-22(20-6-4-5-10-26-20)27-24(32)29(23)18-7-8-21(19(25)14-18)31-13-12-30-3/h4-11,14-16,22-23H,12-13H2,1-3H3,(H,27,32)/t22-,23+/m0/s1.